The second-order valence-corrected chi connectivity index (χ2v) is 21.9. The third-order valence-electron chi connectivity index (χ3n) is 15.5. The molecular weight excluding hydrogens is 1010 g/mol. The number of hydrogen-bond donors (Lipinski definition) is 0. The fourth-order valence-electron chi connectivity index (χ4n) is 12.2. The van der Waals surface area contributed by atoms with Crippen molar-refractivity contribution in [2.24, 2.45) is 0 Å². The summed E-state index contributed by atoms with van der Waals surface area (Å²) in [6.07, 6.45) is 1.14. The molecule has 4 heterocycles. The average molecular weight is 1060 g/mol. The van der Waals surface area contributed by atoms with Crippen molar-refractivity contribution in [1.29, 1.82) is 5.26 Å². The van der Waals surface area contributed by atoms with E-state index in [-0.39, 0.29) is 25.8 Å². The van der Waals surface area contributed by atoms with E-state index in [9.17, 15) is 11.8 Å². The first-order valence-corrected chi connectivity index (χ1v) is 28.3. The maximum absolute atomic E-state index is 12.0. The molecule has 1 saturated carbocycles. The van der Waals surface area contributed by atoms with Crippen LogP contribution in [0.25, 0.3) is 47.7 Å². The first kappa shape index (κ1) is 49.4. The van der Waals surface area contributed by atoms with Gasteiger partial charge in [-0.3, -0.25) is 0 Å². The molecule has 3 aliphatic rings. The van der Waals surface area contributed by atoms with E-state index in [1.807, 2.05) is 55.5 Å². The van der Waals surface area contributed by atoms with Crippen molar-refractivity contribution in [3.8, 4) is 17.6 Å². The normalized spacial score (nSPS) is 17.1. The molecule has 1 fully saturated rings. The zero-order valence-electron chi connectivity index (χ0n) is 43.5. The Hall–Kier alpha value is -9.19. The Morgan fingerprint density at radius 2 is 0.962 bits per heavy atom. The molecule has 79 heavy (non-hydrogen) atoms. The predicted octanol–water partition coefficient (Wildman–Crippen LogP) is 12.5. The van der Waals surface area contributed by atoms with E-state index in [4.69, 9.17) is 19.4 Å². The molecule has 0 amide bonds. The second-order valence-electron chi connectivity index (χ2n) is 19.8. The number of nitrogens with zero attached hydrogens (tertiary/aromatic N) is 6. The van der Waals surface area contributed by atoms with E-state index in [1.54, 1.807) is 29.8 Å². The van der Waals surface area contributed by atoms with E-state index in [2.05, 4.69) is 190 Å². The molecule has 1 aliphatic carbocycles. The van der Waals surface area contributed by atoms with Gasteiger partial charge in [0, 0.05) is 23.4 Å². The van der Waals surface area contributed by atoms with Crippen molar-refractivity contribution >= 4 is 101 Å². The van der Waals surface area contributed by atoms with Crippen LogP contribution in [-0.4, -0.2) is 59.1 Å². The number of allylic oxidation sites excluding steroid dienone is 3. The number of hydrogen-bond acceptors (Lipinski definition) is 9. The van der Waals surface area contributed by atoms with Crippen molar-refractivity contribution < 1.29 is 9.47 Å². The van der Waals surface area contributed by atoms with E-state index in [0.717, 1.165) is 87.5 Å². The van der Waals surface area contributed by atoms with Crippen molar-refractivity contribution in [1.82, 2.24) is 19.6 Å². The Labute approximate surface area is 469 Å². The number of fused-ring (bicyclic) bond motifs is 4. The highest BCUT2D eigenvalue weighted by atomic mass is 32.1. The standard InChI is InChI=1S/C67H50B2N6O2S2/c1-4-77-51-39-35-45(36-40-51)62-53-42-57-52(41-58(53)75(69(48-25-13-7-14-26-48)49-27-15-8-16-28-49)65(62)63(71-2)67-73-56-30-18-20-32-60(56)79-67)61(44-33-37-50(76-3)38-34-44)64(54(43-70)66-72-55-29-17-19-31-59(55)78-66)74(57)68(46-21-9-5-10-22-46)47-23-11-6-12-24-47/h5-40,57-58H,4,41-42H2,1,3H3/b64-54-,65-63+. The van der Waals surface area contributed by atoms with Gasteiger partial charge in [-0.25, -0.2) is 14.8 Å². The number of ether oxygens (including phenoxy) is 2. The summed E-state index contributed by atoms with van der Waals surface area (Å²) in [6, 6.07) is 78.2. The number of para-hydroxylation sites is 2. The molecule has 2 unspecified atom stereocenters. The molecule has 2 aromatic heterocycles. The van der Waals surface area contributed by atoms with Crippen molar-refractivity contribution in [3.63, 3.8) is 0 Å². The van der Waals surface area contributed by atoms with Crippen LogP contribution < -0.4 is 31.3 Å². The summed E-state index contributed by atoms with van der Waals surface area (Å²) in [7, 11) is 1.69. The lowest BCUT2D eigenvalue weighted by Gasteiger charge is -2.43. The van der Waals surface area contributed by atoms with Crippen LogP contribution in [0.15, 0.2) is 241 Å². The maximum atomic E-state index is 12.0. The molecule has 2 atom stereocenters. The largest absolute Gasteiger partial charge is 0.497 e. The van der Waals surface area contributed by atoms with Gasteiger partial charge in [0.25, 0.3) is 0 Å². The summed E-state index contributed by atoms with van der Waals surface area (Å²) < 4.78 is 14.0. The van der Waals surface area contributed by atoms with E-state index in [1.165, 1.54) is 11.1 Å². The molecule has 13 rings (SSSR count). The van der Waals surface area contributed by atoms with E-state index >= 15 is 0 Å². The van der Waals surface area contributed by atoms with Crippen molar-refractivity contribution in [2.45, 2.75) is 31.8 Å². The van der Waals surface area contributed by atoms with E-state index < -0.39 is 0 Å². The van der Waals surface area contributed by atoms with Gasteiger partial charge >= 0.3 is 13.7 Å². The minimum Gasteiger partial charge on any atom is -0.497 e. The maximum Gasteiger partial charge on any atom is 0.324 e. The highest BCUT2D eigenvalue weighted by Gasteiger charge is 2.54. The van der Waals surface area contributed by atoms with Crippen LogP contribution in [-0.2, 0) is 0 Å². The first-order chi connectivity index (χ1) is 39.0. The lowest BCUT2D eigenvalue weighted by Crippen LogP contribution is -2.61. The number of nitriles is 1. The van der Waals surface area contributed by atoms with Crippen LogP contribution in [0.1, 0.15) is 40.9 Å². The number of methoxy groups -OCH3 is 1. The number of thiazole rings is 2. The third-order valence-corrected chi connectivity index (χ3v) is 17.6. The first-order valence-electron chi connectivity index (χ1n) is 26.6. The van der Waals surface area contributed by atoms with Crippen LogP contribution in [0.3, 0.4) is 0 Å². The summed E-state index contributed by atoms with van der Waals surface area (Å²) in [5, 5.41) is 13.3. The topological polar surface area (TPSA) is 78.9 Å². The summed E-state index contributed by atoms with van der Waals surface area (Å²) in [5.74, 6) is 1.52. The highest BCUT2D eigenvalue weighted by molar-refractivity contribution is 7.20. The number of aromatic nitrogens is 2. The van der Waals surface area contributed by atoms with Gasteiger partial charge < -0.3 is 19.1 Å². The summed E-state index contributed by atoms with van der Waals surface area (Å²) in [5.41, 5.74) is 15.2. The predicted molar refractivity (Wildman–Crippen MR) is 326 cm³/mol. The SMILES string of the molecule is [C-]#[N+]/C(=C1\C(c2ccc(OCC)cc2)=C2CC3C(=C(c4ccc(OC)cc4)/C(=C(\C#N)c4nc5ccccc5s4)N3B(c3ccccc3)c3ccccc3)CC2N1B(c1ccccc1)c1ccccc1)c1nc2ccccc2s1. The molecule has 2 aliphatic heterocycles. The van der Waals surface area contributed by atoms with Gasteiger partial charge in [-0.15, -0.1) is 22.7 Å². The van der Waals surface area contributed by atoms with Gasteiger partial charge in [0.1, 0.15) is 33.2 Å². The van der Waals surface area contributed by atoms with Crippen molar-refractivity contribution in [3.05, 3.63) is 273 Å². The molecule has 0 bridgehead atoms. The summed E-state index contributed by atoms with van der Waals surface area (Å²) in [4.78, 5) is 20.3. The van der Waals surface area contributed by atoms with Crippen LogP contribution >= 0.6 is 22.7 Å². The molecule has 0 N–H and O–H groups in total. The minimum absolute atomic E-state index is 0.270. The molecule has 0 spiro atoms. The molecule has 378 valence electrons. The van der Waals surface area contributed by atoms with Gasteiger partial charge in [0.05, 0.1) is 46.4 Å². The summed E-state index contributed by atoms with van der Waals surface area (Å²) in [6.45, 7) is 11.2. The van der Waals surface area contributed by atoms with Gasteiger partial charge in [-0.1, -0.05) is 192 Å². The Morgan fingerprint density at radius 1 is 0.557 bits per heavy atom. The van der Waals surface area contributed by atoms with Crippen molar-refractivity contribution in [2.75, 3.05) is 13.7 Å². The van der Waals surface area contributed by atoms with Gasteiger partial charge in [0.15, 0.2) is 0 Å². The average Bonchev–Trinajstić information content (AvgIpc) is 4.49. The van der Waals surface area contributed by atoms with Crippen LogP contribution in [0.2, 0.25) is 0 Å². The molecule has 8 aromatic carbocycles. The lowest BCUT2D eigenvalue weighted by atomic mass is 9.47. The Kier molecular flexibility index (Phi) is 13.3. The van der Waals surface area contributed by atoms with Crippen LogP contribution in [0.5, 0.6) is 11.5 Å². The molecule has 8 nitrogen and oxygen atoms in total. The van der Waals surface area contributed by atoms with Crippen LogP contribution in [0, 0.1) is 17.9 Å². The van der Waals surface area contributed by atoms with Crippen LogP contribution in [0.4, 0.5) is 0 Å². The fourth-order valence-corrected chi connectivity index (χ4v) is 14.1. The molecule has 0 saturated heterocycles. The highest BCUT2D eigenvalue weighted by Crippen LogP contribution is 2.57. The quantitative estimate of drug-likeness (QED) is 0.0646. The third kappa shape index (κ3) is 8.90. The molecule has 12 heteroatoms. The monoisotopic (exact) mass is 1060 g/mol. The molecule has 10 aromatic rings. The zero-order valence-corrected chi connectivity index (χ0v) is 45.2. The van der Waals surface area contributed by atoms with Gasteiger partial charge in [-0.05, 0) is 96.1 Å². The Balaban J connectivity index is 1.16. The Morgan fingerprint density at radius 3 is 1.39 bits per heavy atom. The Bertz CT molecular complexity index is 3980. The molecule has 0 radical (unpaired) electrons. The smallest absolute Gasteiger partial charge is 0.324 e. The number of rotatable bonds is 13. The van der Waals surface area contributed by atoms with Gasteiger partial charge in [-0.2, -0.15) is 5.26 Å². The minimum atomic E-state index is -0.340. The fraction of sp³-hybridized carbons (Fsp3) is 0.104. The summed E-state index contributed by atoms with van der Waals surface area (Å²) >= 11 is 3.12. The second kappa shape index (κ2) is 21.3. The lowest BCUT2D eigenvalue weighted by molar-refractivity contribution is 0.340. The van der Waals surface area contributed by atoms with Gasteiger partial charge in [0.2, 0.25) is 5.70 Å². The number of benzene rings is 8. The molecular formula is C67H50B2N6O2S2. The van der Waals surface area contributed by atoms with E-state index in [0.29, 0.717) is 40.7 Å². The zero-order chi connectivity index (χ0) is 53.4.